The lowest BCUT2D eigenvalue weighted by Crippen LogP contribution is -1.90. The van der Waals surface area contributed by atoms with Gasteiger partial charge in [0.25, 0.3) is 0 Å². The molecule has 1 aliphatic rings. The zero-order valence-electron chi connectivity index (χ0n) is 8.82. The van der Waals surface area contributed by atoms with E-state index >= 15 is 0 Å². The summed E-state index contributed by atoms with van der Waals surface area (Å²) in [4.78, 5) is 0. The topological polar surface area (TPSA) is 22.4 Å². The third-order valence-electron chi connectivity index (χ3n) is 2.97. The van der Waals surface area contributed by atoms with Gasteiger partial charge in [-0.1, -0.05) is 18.2 Å². The third-order valence-corrected chi connectivity index (χ3v) is 2.97. The number of hydrogen-bond acceptors (Lipinski definition) is 2. The van der Waals surface area contributed by atoms with Crippen LogP contribution in [-0.4, -0.2) is 7.11 Å². The molecular formula is C13H14O2. The highest BCUT2D eigenvalue weighted by atomic mass is 16.5. The highest BCUT2D eigenvalue weighted by molar-refractivity contribution is 5.82. The Balaban J connectivity index is 2.19. The lowest BCUT2D eigenvalue weighted by Gasteiger charge is -1.99. The summed E-state index contributed by atoms with van der Waals surface area (Å²) >= 11 is 0. The second kappa shape index (κ2) is 3.38. The van der Waals surface area contributed by atoms with Crippen LogP contribution in [0.25, 0.3) is 11.0 Å². The Morgan fingerprint density at radius 2 is 2.13 bits per heavy atom. The largest absolute Gasteiger partial charge is 0.460 e. The van der Waals surface area contributed by atoms with E-state index in [1.165, 1.54) is 23.8 Å². The molecule has 0 spiro atoms. The molecule has 0 unspecified atom stereocenters. The molecule has 1 saturated carbocycles. The number of methoxy groups -OCH3 is 1. The summed E-state index contributed by atoms with van der Waals surface area (Å²) in [5.41, 5.74) is 2.24. The van der Waals surface area contributed by atoms with Gasteiger partial charge in [0.1, 0.15) is 11.3 Å². The summed E-state index contributed by atoms with van der Waals surface area (Å²) in [7, 11) is 1.73. The quantitative estimate of drug-likeness (QED) is 0.760. The second-order valence-corrected chi connectivity index (χ2v) is 4.15. The smallest absolute Gasteiger partial charge is 0.134 e. The maximum Gasteiger partial charge on any atom is 0.134 e. The van der Waals surface area contributed by atoms with Crippen molar-refractivity contribution in [2.75, 3.05) is 7.11 Å². The fourth-order valence-corrected chi connectivity index (χ4v) is 2.09. The van der Waals surface area contributed by atoms with Crippen molar-refractivity contribution in [2.24, 2.45) is 0 Å². The van der Waals surface area contributed by atoms with Gasteiger partial charge in [-0.3, -0.25) is 0 Å². The minimum absolute atomic E-state index is 0.641. The van der Waals surface area contributed by atoms with E-state index in [0.717, 1.165) is 11.3 Å². The molecule has 2 aromatic rings. The van der Waals surface area contributed by atoms with Crippen LogP contribution in [0.15, 0.2) is 28.7 Å². The van der Waals surface area contributed by atoms with Crippen LogP contribution in [0.5, 0.6) is 0 Å². The first-order valence-electron chi connectivity index (χ1n) is 5.39. The zero-order chi connectivity index (χ0) is 10.3. The Kier molecular flexibility index (Phi) is 2.03. The molecule has 0 N–H and O–H groups in total. The van der Waals surface area contributed by atoms with Gasteiger partial charge in [0.2, 0.25) is 0 Å². The highest BCUT2D eigenvalue weighted by Gasteiger charge is 2.30. The minimum Gasteiger partial charge on any atom is -0.460 e. The van der Waals surface area contributed by atoms with E-state index in [1.807, 2.05) is 18.2 Å². The average molecular weight is 202 g/mol. The van der Waals surface area contributed by atoms with Gasteiger partial charge in [-0.05, 0) is 18.9 Å². The number of benzene rings is 1. The summed E-state index contributed by atoms with van der Waals surface area (Å²) in [6.07, 6.45) is 2.52. The van der Waals surface area contributed by atoms with Gasteiger partial charge in [0.15, 0.2) is 0 Å². The summed E-state index contributed by atoms with van der Waals surface area (Å²) in [5.74, 6) is 1.79. The van der Waals surface area contributed by atoms with Crippen LogP contribution >= 0.6 is 0 Å². The van der Waals surface area contributed by atoms with Crippen molar-refractivity contribution >= 4 is 11.0 Å². The minimum atomic E-state index is 0.641. The first-order chi connectivity index (χ1) is 7.40. The molecule has 1 aliphatic carbocycles. The van der Waals surface area contributed by atoms with Crippen LogP contribution in [0.2, 0.25) is 0 Å². The van der Waals surface area contributed by atoms with Gasteiger partial charge in [0, 0.05) is 24.0 Å². The molecule has 1 aromatic heterocycles. The van der Waals surface area contributed by atoms with Crippen molar-refractivity contribution < 1.29 is 9.15 Å². The van der Waals surface area contributed by atoms with Gasteiger partial charge < -0.3 is 9.15 Å². The summed E-state index contributed by atoms with van der Waals surface area (Å²) in [6, 6.07) is 8.20. The van der Waals surface area contributed by atoms with Crippen LogP contribution < -0.4 is 0 Å². The molecule has 0 atom stereocenters. The number of rotatable bonds is 3. The van der Waals surface area contributed by atoms with Crippen molar-refractivity contribution in [1.82, 2.24) is 0 Å². The van der Waals surface area contributed by atoms with E-state index in [1.54, 1.807) is 7.11 Å². The molecule has 0 bridgehead atoms. The van der Waals surface area contributed by atoms with Crippen LogP contribution in [0, 0.1) is 0 Å². The van der Waals surface area contributed by atoms with Crippen molar-refractivity contribution in [3.05, 3.63) is 35.6 Å². The predicted octanol–water partition coefficient (Wildman–Crippen LogP) is 3.46. The van der Waals surface area contributed by atoms with Crippen molar-refractivity contribution in [3.63, 3.8) is 0 Å². The molecule has 1 fully saturated rings. The maximum absolute atomic E-state index is 5.90. The van der Waals surface area contributed by atoms with E-state index in [2.05, 4.69) is 6.07 Å². The number of fused-ring (bicyclic) bond motifs is 1. The lowest BCUT2D eigenvalue weighted by molar-refractivity contribution is 0.184. The monoisotopic (exact) mass is 202 g/mol. The van der Waals surface area contributed by atoms with Gasteiger partial charge in [-0.25, -0.2) is 0 Å². The molecule has 15 heavy (non-hydrogen) atoms. The van der Waals surface area contributed by atoms with Crippen LogP contribution in [-0.2, 0) is 11.3 Å². The molecule has 1 heterocycles. The zero-order valence-corrected chi connectivity index (χ0v) is 8.82. The lowest BCUT2D eigenvalue weighted by atomic mass is 10.1. The van der Waals surface area contributed by atoms with E-state index < -0.39 is 0 Å². The number of para-hydroxylation sites is 1. The summed E-state index contributed by atoms with van der Waals surface area (Å²) < 4.78 is 11.1. The van der Waals surface area contributed by atoms with Gasteiger partial charge in [-0.2, -0.15) is 0 Å². The molecule has 0 amide bonds. The van der Waals surface area contributed by atoms with Crippen LogP contribution in [0.3, 0.4) is 0 Å². The Morgan fingerprint density at radius 3 is 2.87 bits per heavy atom. The molecule has 2 nitrogen and oxygen atoms in total. The van der Waals surface area contributed by atoms with Crippen molar-refractivity contribution in [2.45, 2.75) is 25.4 Å². The molecule has 78 valence electrons. The normalized spacial score (nSPS) is 16.1. The fourth-order valence-electron chi connectivity index (χ4n) is 2.09. The first kappa shape index (κ1) is 8.98. The predicted molar refractivity (Wildman–Crippen MR) is 58.9 cm³/mol. The molecule has 3 rings (SSSR count). The maximum atomic E-state index is 5.90. The van der Waals surface area contributed by atoms with Gasteiger partial charge in [-0.15, -0.1) is 0 Å². The first-order valence-corrected chi connectivity index (χ1v) is 5.39. The van der Waals surface area contributed by atoms with E-state index in [-0.39, 0.29) is 0 Å². The fraction of sp³-hybridized carbons (Fsp3) is 0.385. The number of ether oxygens (including phenoxy) is 1. The van der Waals surface area contributed by atoms with E-state index in [0.29, 0.717) is 12.5 Å². The summed E-state index contributed by atoms with van der Waals surface area (Å²) in [5, 5.41) is 1.21. The van der Waals surface area contributed by atoms with E-state index in [4.69, 9.17) is 9.15 Å². The molecular weight excluding hydrogens is 188 g/mol. The molecule has 0 aliphatic heterocycles. The standard InChI is InChI=1S/C13H14O2/c1-14-8-11-10-4-2-3-5-12(10)15-13(11)9-6-7-9/h2-5,9H,6-8H2,1H3. The van der Waals surface area contributed by atoms with Crippen LogP contribution in [0.1, 0.15) is 30.1 Å². The van der Waals surface area contributed by atoms with Crippen LogP contribution in [0.4, 0.5) is 0 Å². The van der Waals surface area contributed by atoms with Crippen molar-refractivity contribution in [3.8, 4) is 0 Å². The Labute approximate surface area is 88.8 Å². The number of furan rings is 1. The second-order valence-electron chi connectivity index (χ2n) is 4.15. The Hall–Kier alpha value is -1.28. The SMILES string of the molecule is COCc1c(C2CC2)oc2ccccc12. The highest BCUT2D eigenvalue weighted by Crippen LogP contribution is 2.44. The molecule has 0 radical (unpaired) electrons. The average Bonchev–Trinajstić information content (AvgIpc) is 3.04. The van der Waals surface area contributed by atoms with E-state index in [9.17, 15) is 0 Å². The van der Waals surface area contributed by atoms with Crippen molar-refractivity contribution in [1.29, 1.82) is 0 Å². The summed E-state index contributed by atoms with van der Waals surface area (Å²) in [6.45, 7) is 0.656. The molecule has 1 aromatic carbocycles. The Morgan fingerprint density at radius 1 is 1.33 bits per heavy atom. The van der Waals surface area contributed by atoms with Gasteiger partial charge >= 0.3 is 0 Å². The van der Waals surface area contributed by atoms with Gasteiger partial charge in [0.05, 0.1) is 6.61 Å². The molecule has 2 heteroatoms. The number of hydrogen-bond donors (Lipinski definition) is 0. The third kappa shape index (κ3) is 1.45. The molecule has 0 saturated heterocycles. The Bertz CT molecular complexity index is 480.